The molecule has 3 aromatic rings. The molecule has 0 aliphatic rings. The highest BCUT2D eigenvalue weighted by molar-refractivity contribution is 7.19. The van der Waals surface area contributed by atoms with Crippen molar-refractivity contribution in [3.63, 3.8) is 0 Å². The standard InChI is InChI=1S/C25H29N3O2S/c1-5-20-14-19(15-27-25(20)26-13-12-17(2)29)10-11-24(30)28(4)16-23-18(3)21-8-6-7-9-22(21)31-23/h6-11,14-15H,5,12-13,16H2,1-4H3,(H,26,27). The van der Waals surface area contributed by atoms with Crippen LogP contribution in [0.15, 0.2) is 42.6 Å². The number of anilines is 1. The van der Waals surface area contributed by atoms with Gasteiger partial charge in [-0.1, -0.05) is 25.1 Å². The first kappa shape index (κ1) is 22.7. The zero-order valence-electron chi connectivity index (χ0n) is 18.6. The first-order chi connectivity index (χ1) is 14.9. The van der Waals surface area contributed by atoms with E-state index < -0.39 is 0 Å². The fourth-order valence-electron chi connectivity index (χ4n) is 3.37. The number of aromatic nitrogens is 1. The molecule has 162 valence electrons. The third kappa shape index (κ3) is 5.79. The van der Waals surface area contributed by atoms with Crippen LogP contribution in [0.2, 0.25) is 0 Å². The zero-order chi connectivity index (χ0) is 22.4. The van der Waals surface area contributed by atoms with Gasteiger partial charge in [-0.3, -0.25) is 9.59 Å². The molecule has 0 saturated carbocycles. The Kier molecular flexibility index (Phi) is 7.58. The van der Waals surface area contributed by atoms with E-state index >= 15 is 0 Å². The average molecular weight is 436 g/mol. The van der Waals surface area contributed by atoms with Crippen molar-refractivity contribution in [2.75, 3.05) is 18.9 Å². The highest BCUT2D eigenvalue weighted by Crippen LogP contribution is 2.31. The van der Waals surface area contributed by atoms with Gasteiger partial charge in [-0.15, -0.1) is 11.3 Å². The molecular weight excluding hydrogens is 406 g/mol. The van der Waals surface area contributed by atoms with Gasteiger partial charge in [0.05, 0.1) is 6.54 Å². The molecule has 2 aromatic heterocycles. The predicted octanol–water partition coefficient (Wildman–Crippen LogP) is 5.23. The minimum Gasteiger partial charge on any atom is -0.369 e. The number of rotatable bonds is 9. The number of likely N-dealkylation sites (N-methyl/N-ethyl adjacent to an activating group) is 1. The number of thiophene rings is 1. The summed E-state index contributed by atoms with van der Waals surface area (Å²) in [6.07, 6.45) is 6.45. The van der Waals surface area contributed by atoms with Crippen LogP contribution in [0.3, 0.4) is 0 Å². The van der Waals surface area contributed by atoms with Gasteiger partial charge in [-0.2, -0.15) is 0 Å². The molecule has 0 fully saturated rings. The Bertz CT molecular complexity index is 1120. The number of carbonyl (C=O) groups excluding carboxylic acids is 2. The number of carbonyl (C=O) groups is 2. The molecule has 1 N–H and O–H groups in total. The average Bonchev–Trinajstić information content (AvgIpc) is 3.07. The molecule has 3 rings (SSSR count). The quantitative estimate of drug-likeness (QED) is 0.468. The fourth-order valence-corrected chi connectivity index (χ4v) is 4.63. The number of Topliss-reactive ketones (excluding diaryl/α,β-unsaturated/α-hetero) is 1. The smallest absolute Gasteiger partial charge is 0.246 e. The summed E-state index contributed by atoms with van der Waals surface area (Å²) in [6, 6.07) is 10.4. The van der Waals surface area contributed by atoms with Gasteiger partial charge in [0.1, 0.15) is 11.6 Å². The molecule has 0 aliphatic carbocycles. The summed E-state index contributed by atoms with van der Waals surface area (Å²) in [5.41, 5.74) is 3.19. The topological polar surface area (TPSA) is 62.3 Å². The van der Waals surface area contributed by atoms with Gasteiger partial charge in [0.2, 0.25) is 5.91 Å². The lowest BCUT2D eigenvalue weighted by Gasteiger charge is -2.14. The van der Waals surface area contributed by atoms with Gasteiger partial charge in [0, 0.05) is 41.9 Å². The van der Waals surface area contributed by atoms with E-state index in [4.69, 9.17) is 0 Å². The van der Waals surface area contributed by atoms with Crippen LogP contribution in [0.1, 0.15) is 41.8 Å². The van der Waals surface area contributed by atoms with Crippen LogP contribution >= 0.6 is 11.3 Å². The van der Waals surface area contributed by atoms with Crippen molar-refractivity contribution in [2.24, 2.45) is 0 Å². The summed E-state index contributed by atoms with van der Waals surface area (Å²) in [4.78, 5) is 31.2. The van der Waals surface area contributed by atoms with Gasteiger partial charge in [-0.25, -0.2) is 4.98 Å². The second kappa shape index (κ2) is 10.4. The summed E-state index contributed by atoms with van der Waals surface area (Å²) >= 11 is 1.74. The highest BCUT2D eigenvalue weighted by atomic mass is 32.1. The van der Waals surface area contributed by atoms with Crippen molar-refractivity contribution >= 4 is 45.0 Å². The number of hydrogen-bond acceptors (Lipinski definition) is 5. The Morgan fingerprint density at radius 1 is 1.26 bits per heavy atom. The minimum atomic E-state index is -0.0430. The zero-order valence-corrected chi connectivity index (χ0v) is 19.4. The molecule has 2 heterocycles. The lowest BCUT2D eigenvalue weighted by atomic mass is 10.1. The summed E-state index contributed by atoms with van der Waals surface area (Å²) in [7, 11) is 1.83. The lowest BCUT2D eigenvalue weighted by molar-refractivity contribution is -0.125. The van der Waals surface area contributed by atoms with E-state index in [1.54, 1.807) is 35.4 Å². The number of fused-ring (bicyclic) bond motifs is 1. The molecule has 1 aromatic carbocycles. The number of ketones is 1. The van der Waals surface area contributed by atoms with Crippen molar-refractivity contribution in [1.82, 2.24) is 9.88 Å². The van der Waals surface area contributed by atoms with E-state index in [9.17, 15) is 9.59 Å². The maximum absolute atomic E-state index is 12.7. The van der Waals surface area contributed by atoms with Gasteiger partial charge in [0.15, 0.2) is 0 Å². The maximum Gasteiger partial charge on any atom is 0.246 e. The Morgan fingerprint density at radius 3 is 2.74 bits per heavy atom. The Labute approximate surface area is 187 Å². The van der Waals surface area contributed by atoms with Crippen LogP contribution in [0.25, 0.3) is 16.2 Å². The van der Waals surface area contributed by atoms with Crippen LogP contribution < -0.4 is 5.32 Å². The molecule has 0 radical (unpaired) electrons. The first-order valence-electron chi connectivity index (χ1n) is 10.5. The molecule has 0 atom stereocenters. The van der Waals surface area contributed by atoms with E-state index in [1.807, 2.05) is 31.3 Å². The van der Waals surface area contributed by atoms with Crippen molar-refractivity contribution in [2.45, 2.75) is 40.2 Å². The molecule has 5 nitrogen and oxygen atoms in total. The normalized spacial score (nSPS) is 11.2. The van der Waals surface area contributed by atoms with Gasteiger partial charge < -0.3 is 10.2 Å². The number of benzene rings is 1. The highest BCUT2D eigenvalue weighted by Gasteiger charge is 2.12. The summed E-state index contributed by atoms with van der Waals surface area (Å²) < 4.78 is 1.25. The molecule has 0 bridgehead atoms. The van der Waals surface area contributed by atoms with E-state index in [0.717, 1.165) is 23.4 Å². The molecule has 0 aliphatic heterocycles. The lowest BCUT2D eigenvalue weighted by Crippen LogP contribution is -2.23. The molecule has 31 heavy (non-hydrogen) atoms. The second-order valence-corrected chi connectivity index (χ2v) is 8.82. The predicted molar refractivity (Wildman–Crippen MR) is 129 cm³/mol. The van der Waals surface area contributed by atoms with Crippen LogP contribution in [0.5, 0.6) is 0 Å². The SMILES string of the molecule is CCc1cc(C=CC(=O)N(C)Cc2sc3ccccc3c2C)cnc1NCCC(C)=O. The van der Waals surface area contributed by atoms with Crippen LogP contribution in [-0.4, -0.2) is 35.2 Å². The van der Waals surface area contributed by atoms with Gasteiger partial charge >= 0.3 is 0 Å². The molecule has 6 heteroatoms. The molecular formula is C25H29N3O2S. The molecule has 1 amide bonds. The van der Waals surface area contributed by atoms with Crippen LogP contribution in [0.4, 0.5) is 5.82 Å². The molecule has 0 spiro atoms. The first-order valence-corrected chi connectivity index (χ1v) is 11.3. The maximum atomic E-state index is 12.7. The van der Waals surface area contributed by atoms with Crippen LogP contribution in [0, 0.1) is 6.92 Å². The molecule has 0 unspecified atom stereocenters. The summed E-state index contributed by atoms with van der Waals surface area (Å²) in [6.45, 7) is 6.93. The van der Waals surface area contributed by atoms with Gasteiger partial charge in [-0.05, 0) is 60.6 Å². The van der Waals surface area contributed by atoms with E-state index in [2.05, 4.69) is 36.3 Å². The van der Waals surface area contributed by atoms with Crippen molar-refractivity contribution in [3.8, 4) is 0 Å². The summed E-state index contributed by atoms with van der Waals surface area (Å²) in [5, 5.41) is 4.48. The minimum absolute atomic E-state index is 0.0430. The number of pyridine rings is 1. The largest absolute Gasteiger partial charge is 0.369 e. The van der Waals surface area contributed by atoms with Gasteiger partial charge in [0.25, 0.3) is 0 Å². The number of nitrogens with one attached hydrogen (secondary N) is 1. The van der Waals surface area contributed by atoms with E-state index in [-0.39, 0.29) is 11.7 Å². The summed E-state index contributed by atoms with van der Waals surface area (Å²) in [5.74, 6) is 0.904. The third-order valence-electron chi connectivity index (χ3n) is 5.26. The Balaban J connectivity index is 1.65. The van der Waals surface area contributed by atoms with Crippen molar-refractivity contribution in [1.29, 1.82) is 0 Å². The second-order valence-electron chi connectivity index (χ2n) is 7.68. The number of hydrogen-bond donors (Lipinski definition) is 1. The van der Waals surface area contributed by atoms with E-state index in [0.29, 0.717) is 19.5 Å². The Morgan fingerprint density at radius 2 is 2.03 bits per heavy atom. The third-order valence-corrected chi connectivity index (χ3v) is 6.51. The Hall–Kier alpha value is -2.99. The van der Waals surface area contributed by atoms with Crippen molar-refractivity contribution < 1.29 is 9.59 Å². The van der Waals surface area contributed by atoms with E-state index in [1.165, 1.54) is 20.5 Å². The van der Waals surface area contributed by atoms with Crippen LogP contribution in [-0.2, 0) is 22.6 Å². The monoisotopic (exact) mass is 435 g/mol. The molecule has 0 saturated heterocycles. The number of amides is 1. The van der Waals surface area contributed by atoms with Crippen molar-refractivity contribution in [3.05, 3.63) is 64.2 Å². The number of aryl methyl sites for hydroxylation is 2. The fraction of sp³-hybridized carbons (Fsp3) is 0.320. The number of nitrogens with zero attached hydrogens (tertiary/aromatic N) is 2.